The molecule has 2 aromatic heterocycles. The van der Waals surface area contributed by atoms with Crippen molar-refractivity contribution in [2.45, 2.75) is 38.6 Å². The summed E-state index contributed by atoms with van der Waals surface area (Å²) in [5.74, 6) is -0.658. The molecule has 0 bridgehead atoms. The SMILES string of the molecule is Cc1nc(NCCCc2ccc3c(c2)C(=O)N(C2CCC(=O)NC2=O)C3=O)c2cn[nH]c2n1. The molecule has 11 nitrogen and oxygen atoms in total. The molecule has 0 aliphatic carbocycles. The number of amides is 4. The summed E-state index contributed by atoms with van der Waals surface area (Å²) in [6.45, 7) is 2.45. The van der Waals surface area contributed by atoms with E-state index in [-0.39, 0.29) is 18.4 Å². The average Bonchev–Trinajstić information content (AvgIpc) is 3.34. The Morgan fingerprint density at radius 1 is 1.12 bits per heavy atom. The van der Waals surface area contributed by atoms with Crippen LogP contribution >= 0.6 is 0 Å². The van der Waals surface area contributed by atoms with E-state index >= 15 is 0 Å². The molecule has 1 unspecified atom stereocenters. The summed E-state index contributed by atoms with van der Waals surface area (Å²) in [6.07, 6.45) is 3.35. The van der Waals surface area contributed by atoms with E-state index in [4.69, 9.17) is 0 Å². The molecule has 2 aliphatic heterocycles. The normalized spacial score (nSPS) is 18.1. The number of carbonyl (C=O) groups excluding carboxylic acids is 4. The van der Waals surface area contributed by atoms with Crippen molar-refractivity contribution in [3.63, 3.8) is 0 Å². The van der Waals surface area contributed by atoms with E-state index in [0.717, 1.165) is 22.3 Å². The van der Waals surface area contributed by atoms with Crippen molar-refractivity contribution < 1.29 is 19.2 Å². The second-order valence-corrected chi connectivity index (χ2v) is 8.11. The van der Waals surface area contributed by atoms with Crippen molar-refractivity contribution in [3.8, 4) is 0 Å². The molecule has 1 fully saturated rings. The number of fused-ring (bicyclic) bond motifs is 2. The smallest absolute Gasteiger partial charge is 0.262 e. The molecule has 4 heterocycles. The lowest BCUT2D eigenvalue weighted by Crippen LogP contribution is -2.54. The van der Waals surface area contributed by atoms with Gasteiger partial charge in [0.25, 0.3) is 11.8 Å². The first-order valence-corrected chi connectivity index (χ1v) is 10.7. The maximum Gasteiger partial charge on any atom is 0.262 e. The molecule has 1 saturated heterocycles. The Bertz CT molecular complexity index is 1320. The van der Waals surface area contributed by atoms with Crippen LogP contribution in [0.5, 0.6) is 0 Å². The third-order valence-electron chi connectivity index (χ3n) is 5.86. The van der Waals surface area contributed by atoms with Gasteiger partial charge in [0.1, 0.15) is 17.7 Å². The van der Waals surface area contributed by atoms with Gasteiger partial charge in [0.05, 0.1) is 22.7 Å². The van der Waals surface area contributed by atoms with Crippen LogP contribution in [0.2, 0.25) is 0 Å². The monoisotopic (exact) mass is 447 g/mol. The number of rotatable bonds is 6. The Kier molecular flexibility index (Phi) is 5.08. The molecule has 11 heteroatoms. The van der Waals surface area contributed by atoms with Crippen LogP contribution in [-0.2, 0) is 16.0 Å². The molecule has 4 amide bonds. The third-order valence-corrected chi connectivity index (χ3v) is 5.86. The number of hydrogen-bond donors (Lipinski definition) is 3. The van der Waals surface area contributed by atoms with Crippen LogP contribution in [0.4, 0.5) is 5.82 Å². The van der Waals surface area contributed by atoms with Crippen LogP contribution < -0.4 is 10.6 Å². The number of imide groups is 2. The summed E-state index contributed by atoms with van der Waals surface area (Å²) in [5, 5.41) is 13.2. The summed E-state index contributed by atoms with van der Waals surface area (Å²) < 4.78 is 0. The minimum atomic E-state index is -0.959. The standard InChI is InChI=1S/C22H21N7O4/c1-11-25-18(15-10-24-28-19(15)26-11)23-8-2-3-12-4-5-13-14(9-12)22(33)29(21(13)32)16-6-7-17(30)27-20(16)31/h4-5,9-10,16H,2-3,6-8H2,1H3,(H,27,30,31)(H2,23,24,25,26,28). The van der Waals surface area contributed by atoms with Crippen molar-refractivity contribution in [1.29, 1.82) is 0 Å². The molecule has 0 saturated carbocycles. The molecule has 2 aliphatic rings. The lowest BCUT2D eigenvalue weighted by Gasteiger charge is -2.27. The molecule has 3 N–H and O–H groups in total. The van der Waals surface area contributed by atoms with Gasteiger partial charge in [-0.25, -0.2) is 9.97 Å². The van der Waals surface area contributed by atoms with Crippen LogP contribution in [0.25, 0.3) is 11.0 Å². The molecular formula is C22H21N7O4. The van der Waals surface area contributed by atoms with E-state index in [1.807, 2.05) is 13.0 Å². The van der Waals surface area contributed by atoms with Crippen molar-refractivity contribution >= 4 is 40.5 Å². The Labute approximate surface area is 188 Å². The molecule has 168 valence electrons. The molecule has 5 rings (SSSR count). The highest BCUT2D eigenvalue weighted by Gasteiger charge is 2.44. The number of aryl methyl sites for hydroxylation is 2. The number of nitrogens with one attached hydrogen (secondary N) is 3. The van der Waals surface area contributed by atoms with Crippen LogP contribution in [0.1, 0.15) is 51.4 Å². The first-order chi connectivity index (χ1) is 15.9. The van der Waals surface area contributed by atoms with E-state index in [9.17, 15) is 19.2 Å². The fraction of sp³-hybridized carbons (Fsp3) is 0.318. The molecule has 1 aromatic carbocycles. The maximum absolute atomic E-state index is 12.9. The van der Waals surface area contributed by atoms with Gasteiger partial charge in [0.2, 0.25) is 11.8 Å². The van der Waals surface area contributed by atoms with E-state index in [1.54, 1.807) is 18.3 Å². The zero-order valence-corrected chi connectivity index (χ0v) is 17.8. The maximum atomic E-state index is 12.9. The van der Waals surface area contributed by atoms with Gasteiger partial charge >= 0.3 is 0 Å². The summed E-state index contributed by atoms with van der Waals surface area (Å²) >= 11 is 0. The number of carbonyl (C=O) groups is 4. The van der Waals surface area contributed by atoms with Crippen LogP contribution in [0.3, 0.4) is 0 Å². The number of hydrogen-bond acceptors (Lipinski definition) is 8. The van der Waals surface area contributed by atoms with Crippen LogP contribution in [-0.4, -0.2) is 61.3 Å². The van der Waals surface area contributed by atoms with Crippen molar-refractivity contribution in [1.82, 2.24) is 30.4 Å². The minimum Gasteiger partial charge on any atom is -0.369 e. The van der Waals surface area contributed by atoms with Gasteiger partial charge in [-0.2, -0.15) is 5.10 Å². The van der Waals surface area contributed by atoms with Gasteiger partial charge < -0.3 is 5.32 Å². The number of nitrogens with zero attached hydrogens (tertiary/aromatic N) is 4. The lowest BCUT2D eigenvalue weighted by atomic mass is 10.0. The first kappa shape index (κ1) is 20.7. The zero-order valence-electron chi connectivity index (χ0n) is 17.8. The molecule has 3 aromatic rings. The number of H-pyrrole nitrogens is 1. The number of anilines is 1. The predicted molar refractivity (Wildman–Crippen MR) is 116 cm³/mol. The Morgan fingerprint density at radius 3 is 2.76 bits per heavy atom. The number of benzene rings is 1. The highest BCUT2D eigenvalue weighted by molar-refractivity contribution is 6.23. The van der Waals surface area contributed by atoms with Gasteiger partial charge in [-0.05, 0) is 43.9 Å². The fourth-order valence-electron chi connectivity index (χ4n) is 4.25. The topological polar surface area (TPSA) is 150 Å². The largest absolute Gasteiger partial charge is 0.369 e. The quantitative estimate of drug-likeness (QED) is 0.376. The highest BCUT2D eigenvalue weighted by Crippen LogP contribution is 2.28. The van der Waals surface area contributed by atoms with E-state index < -0.39 is 29.7 Å². The Morgan fingerprint density at radius 2 is 1.94 bits per heavy atom. The summed E-state index contributed by atoms with van der Waals surface area (Å²) in [6, 6.07) is 4.21. The second kappa shape index (κ2) is 8.08. The third kappa shape index (κ3) is 3.71. The molecular weight excluding hydrogens is 426 g/mol. The number of piperidine rings is 1. The van der Waals surface area contributed by atoms with Crippen molar-refractivity contribution in [2.24, 2.45) is 0 Å². The van der Waals surface area contributed by atoms with Gasteiger partial charge in [-0.3, -0.25) is 34.5 Å². The van der Waals surface area contributed by atoms with Gasteiger partial charge in [-0.15, -0.1) is 0 Å². The summed E-state index contributed by atoms with van der Waals surface area (Å²) in [4.78, 5) is 59.0. The van der Waals surface area contributed by atoms with Crippen molar-refractivity contribution in [3.05, 3.63) is 46.9 Å². The number of aromatic nitrogens is 4. The fourth-order valence-corrected chi connectivity index (χ4v) is 4.25. The molecule has 1 atom stereocenters. The van der Waals surface area contributed by atoms with Crippen LogP contribution in [0.15, 0.2) is 24.4 Å². The van der Waals surface area contributed by atoms with Crippen LogP contribution in [0, 0.1) is 6.92 Å². The minimum absolute atomic E-state index is 0.0963. The lowest BCUT2D eigenvalue weighted by molar-refractivity contribution is -0.136. The van der Waals surface area contributed by atoms with Gasteiger partial charge in [0.15, 0.2) is 5.65 Å². The highest BCUT2D eigenvalue weighted by atomic mass is 16.2. The first-order valence-electron chi connectivity index (χ1n) is 10.7. The molecule has 0 spiro atoms. The molecule has 0 radical (unpaired) electrons. The molecule has 33 heavy (non-hydrogen) atoms. The van der Waals surface area contributed by atoms with Crippen molar-refractivity contribution in [2.75, 3.05) is 11.9 Å². The zero-order chi connectivity index (χ0) is 23.1. The average molecular weight is 447 g/mol. The van der Waals surface area contributed by atoms with Gasteiger partial charge in [0, 0.05) is 13.0 Å². The summed E-state index contributed by atoms with van der Waals surface area (Å²) in [7, 11) is 0. The van der Waals surface area contributed by atoms with Gasteiger partial charge in [-0.1, -0.05) is 6.07 Å². The summed E-state index contributed by atoms with van der Waals surface area (Å²) in [5.41, 5.74) is 2.16. The Hall–Kier alpha value is -4.15. The van der Waals surface area contributed by atoms with E-state index in [0.29, 0.717) is 35.8 Å². The van der Waals surface area contributed by atoms with E-state index in [2.05, 4.69) is 30.8 Å². The second-order valence-electron chi connectivity index (χ2n) is 8.11. The van der Waals surface area contributed by atoms with E-state index in [1.165, 1.54) is 0 Å². The Balaban J connectivity index is 1.24. The number of aromatic amines is 1. The predicted octanol–water partition coefficient (Wildman–Crippen LogP) is 1.11.